The normalized spacial score (nSPS) is 25.8. The number of nitrogens with one attached hydrogen (secondary N) is 3. The Morgan fingerprint density at radius 1 is 0.548 bits per heavy atom. The molecule has 6 bridgehead atoms. The van der Waals surface area contributed by atoms with Gasteiger partial charge in [0.25, 0.3) is 0 Å². The average molecular weight is 1420 g/mol. The number of ether oxygens (including phenoxy) is 2. The van der Waals surface area contributed by atoms with Crippen molar-refractivity contribution in [1.82, 2.24) is 59.8 Å². The molecule has 13 atom stereocenters. The molecule has 16 rings (SSSR count). The van der Waals surface area contributed by atoms with E-state index in [2.05, 4.69) is 78.9 Å². The number of fused-ring (bicyclic) bond motifs is 9. The second-order valence-electron chi connectivity index (χ2n) is 25.0. The SMILES string of the molecule is CC1CCCO1.COC(=O)[C@H]1C2C=CC(C2)C1Cc1nc(-c2c[nH]c3ncc(Cl)cc23)ncc1F.O=C(O)[C@@H]1C2CC[C@@H](C2)C1Cc1nc(-c2c[nH]c3ncc(Cl)cc23)ncc1F.O=C(O)[C@H]1C2CC[C@@H](C2)C1Cc1nc(-c2c[nH]c3ncc(Cl)cc23)ncc1F.[CH3-].[Pd]. The number of hydrogen-bond donors (Lipinski definition) is 5. The Bertz CT molecular complexity index is 4110. The van der Waals surface area contributed by atoms with Crippen LogP contribution in [0.25, 0.3) is 67.3 Å². The number of carboxylic acid groups (broad SMARTS) is 2. The molecule has 0 spiro atoms. The summed E-state index contributed by atoms with van der Waals surface area (Å²) in [7, 11) is 1.40. The van der Waals surface area contributed by atoms with Crippen LogP contribution in [0.4, 0.5) is 13.2 Å². The summed E-state index contributed by atoms with van der Waals surface area (Å²) in [5.74, 6) is -1.89. The Morgan fingerprint density at radius 2 is 0.935 bits per heavy atom. The average Bonchev–Trinajstić information content (AvgIpc) is 1.67. The molecule has 19 nitrogen and oxygen atoms in total. The molecule has 490 valence electrons. The van der Waals surface area contributed by atoms with Gasteiger partial charge in [0.2, 0.25) is 0 Å². The number of carbonyl (C=O) groups excluding carboxylic acids is 1. The summed E-state index contributed by atoms with van der Waals surface area (Å²) in [5, 5.41) is 23.1. The van der Waals surface area contributed by atoms with E-state index in [1.54, 1.807) is 55.4 Å². The molecular weight excluding hydrogens is 1350 g/mol. The minimum absolute atomic E-state index is 0. The van der Waals surface area contributed by atoms with Crippen molar-refractivity contribution in [2.24, 2.45) is 71.0 Å². The van der Waals surface area contributed by atoms with Crippen LogP contribution in [0.2, 0.25) is 15.1 Å². The van der Waals surface area contributed by atoms with E-state index in [9.17, 15) is 37.8 Å². The van der Waals surface area contributed by atoms with Crippen LogP contribution in [0.5, 0.6) is 0 Å². The molecule has 1 aliphatic heterocycles. The molecule has 8 unspecified atom stereocenters. The number of aliphatic carboxylic acids is 2. The van der Waals surface area contributed by atoms with Gasteiger partial charge in [-0.2, -0.15) is 0 Å². The molecule has 6 aliphatic carbocycles. The summed E-state index contributed by atoms with van der Waals surface area (Å²) in [4.78, 5) is 83.6. The number of nitrogens with zero attached hydrogens (tertiary/aromatic N) is 9. The largest absolute Gasteiger partial charge is 0.481 e. The van der Waals surface area contributed by atoms with Crippen LogP contribution in [-0.4, -0.2) is 108 Å². The van der Waals surface area contributed by atoms with Gasteiger partial charge in [-0.1, -0.05) is 47.0 Å². The molecule has 10 heterocycles. The Kier molecular flexibility index (Phi) is 20.5. The van der Waals surface area contributed by atoms with Crippen LogP contribution in [-0.2, 0) is 63.5 Å². The molecule has 0 amide bonds. The fraction of sp³-hybridized carbons (Fsp3) is 0.418. The van der Waals surface area contributed by atoms with Crippen molar-refractivity contribution in [3.05, 3.63) is 143 Å². The van der Waals surface area contributed by atoms with Crippen LogP contribution < -0.4 is 0 Å². The van der Waals surface area contributed by atoms with Crippen LogP contribution in [0.15, 0.2) is 86.1 Å². The number of carbonyl (C=O) groups is 3. The van der Waals surface area contributed by atoms with Crippen LogP contribution in [0.1, 0.15) is 81.8 Å². The molecule has 1 saturated heterocycles. The van der Waals surface area contributed by atoms with Crippen molar-refractivity contribution < 1.29 is 67.7 Å². The van der Waals surface area contributed by atoms with Gasteiger partial charge in [0, 0.05) is 97.1 Å². The molecule has 26 heteroatoms. The maximum atomic E-state index is 14.6. The van der Waals surface area contributed by atoms with E-state index in [0.29, 0.717) is 109 Å². The summed E-state index contributed by atoms with van der Waals surface area (Å²) in [5.41, 5.74) is 4.88. The Morgan fingerprint density at radius 3 is 1.29 bits per heavy atom. The van der Waals surface area contributed by atoms with Gasteiger partial charge in [0.1, 0.15) is 16.9 Å². The second-order valence-corrected chi connectivity index (χ2v) is 26.3. The number of aromatic nitrogens is 12. The molecule has 5 saturated carbocycles. The first-order valence-electron chi connectivity index (χ1n) is 30.7. The van der Waals surface area contributed by atoms with E-state index >= 15 is 0 Å². The van der Waals surface area contributed by atoms with Crippen molar-refractivity contribution in [3.63, 3.8) is 0 Å². The number of hydrogen-bond acceptors (Lipinski definition) is 14. The Hall–Kier alpha value is -7.26. The van der Waals surface area contributed by atoms with Crippen molar-refractivity contribution in [1.29, 1.82) is 0 Å². The molecule has 9 aromatic heterocycles. The van der Waals surface area contributed by atoms with Gasteiger partial charge in [0.05, 0.1) is 81.7 Å². The molecule has 7 aliphatic rings. The van der Waals surface area contributed by atoms with Gasteiger partial charge in [-0.15, -0.1) is 0 Å². The van der Waals surface area contributed by atoms with Gasteiger partial charge in [-0.25, -0.2) is 58.0 Å². The first-order valence-corrected chi connectivity index (χ1v) is 31.9. The topological polar surface area (TPSA) is 274 Å². The van der Waals surface area contributed by atoms with E-state index < -0.39 is 41.2 Å². The maximum absolute atomic E-state index is 14.6. The maximum Gasteiger partial charge on any atom is 0.309 e. The number of allylic oxidation sites excluding steroid dienone is 2. The summed E-state index contributed by atoms with van der Waals surface area (Å²) in [6.07, 6.45) is 28.3. The van der Waals surface area contributed by atoms with Gasteiger partial charge in [-0.3, -0.25) is 14.4 Å². The predicted molar refractivity (Wildman–Crippen MR) is 339 cm³/mol. The minimum atomic E-state index is -0.774. The van der Waals surface area contributed by atoms with E-state index in [-0.39, 0.29) is 92.5 Å². The molecular formula is C67H67Cl3F3N12O7Pd-. The third kappa shape index (κ3) is 13.7. The van der Waals surface area contributed by atoms with E-state index in [1.165, 1.54) is 26.1 Å². The summed E-state index contributed by atoms with van der Waals surface area (Å²) >= 11 is 18.2. The molecule has 0 aromatic carbocycles. The monoisotopic (exact) mass is 1420 g/mol. The van der Waals surface area contributed by atoms with E-state index in [0.717, 1.165) is 80.1 Å². The summed E-state index contributed by atoms with van der Waals surface area (Å²) in [6.45, 7) is 3.11. The number of H-pyrrole nitrogens is 3. The third-order valence-corrected chi connectivity index (χ3v) is 20.6. The van der Waals surface area contributed by atoms with Gasteiger partial charge < -0.3 is 42.1 Å². The summed E-state index contributed by atoms with van der Waals surface area (Å²) in [6, 6.07) is 5.30. The first-order chi connectivity index (χ1) is 44.0. The number of pyridine rings is 3. The van der Waals surface area contributed by atoms with E-state index in [4.69, 9.17) is 44.3 Å². The van der Waals surface area contributed by atoms with Gasteiger partial charge in [-0.05, 0) is 155 Å². The van der Waals surface area contributed by atoms with Crippen molar-refractivity contribution >= 4 is 85.8 Å². The number of esters is 1. The Labute approximate surface area is 562 Å². The van der Waals surface area contributed by atoms with Gasteiger partial charge in [0.15, 0.2) is 34.9 Å². The smallest absolute Gasteiger partial charge is 0.309 e. The van der Waals surface area contributed by atoms with Crippen LogP contribution in [0.3, 0.4) is 0 Å². The zero-order chi connectivity index (χ0) is 63.4. The van der Waals surface area contributed by atoms with E-state index in [1.807, 2.05) is 0 Å². The standard InChI is InChI=1S/C21H18ClFN4O2.2C20H18ClFN4O2.C5H10O.CH3.Pd/c1-29-21(28)18-11-3-2-10(4-11)13(18)6-17-16(23)9-26-20(27-17)15-8-25-19-14(15)5-12(22)7-24-19;2*21-11-4-13-14(7-24-18(13)23-6-11)19-25-8-15(22)16(26-19)5-12-9-1-2-10(3-9)17(12)20(27)28;1-5-3-2-4-6-5;;/h2-3,5,7-11,13,18H,4,6H2,1H3,(H,24,25);2*4,6-10,12,17H,1-3,5H2,(H,23,24)(H,27,28);5H,2-4H2,1H3;1H3;/q;;;;-1;/t10?,11?,13?,18-;9-,10?,12?,17+;9-,10?,12?,17-;;;/m000.../s1. The molecule has 6 fully saturated rings. The molecule has 0 radical (unpaired) electrons. The van der Waals surface area contributed by atoms with Crippen molar-refractivity contribution in [2.75, 3.05) is 13.7 Å². The van der Waals surface area contributed by atoms with Crippen molar-refractivity contribution in [3.8, 4) is 34.2 Å². The molecule has 93 heavy (non-hydrogen) atoms. The van der Waals surface area contributed by atoms with Crippen molar-refractivity contribution in [2.45, 2.75) is 90.1 Å². The minimum Gasteiger partial charge on any atom is -0.481 e. The fourth-order valence-electron chi connectivity index (χ4n) is 15.8. The van der Waals surface area contributed by atoms with Crippen LogP contribution in [0, 0.1) is 95.9 Å². The third-order valence-electron chi connectivity index (χ3n) is 20.0. The fourth-order valence-corrected chi connectivity index (χ4v) is 16.3. The zero-order valence-corrected chi connectivity index (χ0v) is 54.6. The summed E-state index contributed by atoms with van der Waals surface area (Å²) < 4.78 is 53.8. The number of methoxy groups -OCH3 is 1. The zero-order valence-electron chi connectivity index (χ0n) is 50.8. The molecule has 9 aromatic rings. The number of halogens is 6. The number of aromatic amines is 3. The first kappa shape index (κ1) is 67.2. The van der Waals surface area contributed by atoms with Crippen LogP contribution >= 0.6 is 34.8 Å². The Balaban J connectivity index is 0.000000135. The predicted octanol–water partition coefficient (Wildman–Crippen LogP) is 13.8. The molecule has 5 N–H and O–H groups in total. The van der Waals surface area contributed by atoms with Gasteiger partial charge >= 0.3 is 17.9 Å². The number of rotatable bonds is 12. The number of carboxylic acids is 2. The second kappa shape index (κ2) is 28.4. The quantitative estimate of drug-likeness (QED) is 0.0329.